The summed E-state index contributed by atoms with van der Waals surface area (Å²) in [6.07, 6.45) is 7.23. The number of allylic oxidation sites excluding steroid dienone is 1. The molecular formula is C16H37N. The summed E-state index contributed by atoms with van der Waals surface area (Å²) in [5, 5.41) is 2.93. The molecule has 1 N–H and O–H groups in total. The summed E-state index contributed by atoms with van der Waals surface area (Å²) >= 11 is 0. The molecule has 0 aromatic heterocycles. The molecule has 2 atom stereocenters. The summed E-state index contributed by atoms with van der Waals surface area (Å²) in [6, 6.07) is 0. The first kappa shape index (κ1) is 21.9. The van der Waals surface area contributed by atoms with E-state index in [0.29, 0.717) is 0 Å². The van der Waals surface area contributed by atoms with Crippen molar-refractivity contribution in [3.63, 3.8) is 0 Å². The molecule has 0 radical (unpaired) electrons. The summed E-state index contributed by atoms with van der Waals surface area (Å²) in [5.41, 5.74) is 0. The minimum atomic E-state index is 0.868. The van der Waals surface area contributed by atoms with Gasteiger partial charge in [0.1, 0.15) is 0 Å². The number of hydrogen-bond acceptors (Lipinski definition) is 1. The van der Waals surface area contributed by atoms with E-state index in [-0.39, 0.29) is 0 Å². The first-order valence-corrected chi connectivity index (χ1v) is 7.43. The Hall–Kier alpha value is -0.300. The lowest BCUT2D eigenvalue weighted by Crippen LogP contribution is -2.09. The molecule has 106 valence electrons. The maximum atomic E-state index is 3.80. The molecule has 0 aromatic carbocycles. The van der Waals surface area contributed by atoms with E-state index in [1.165, 1.54) is 25.7 Å². The van der Waals surface area contributed by atoms with Crippen molar-refractivity contribution in [1.82, 2.24) is 5.32 Å². The average molecular weight is 243 g/mol. The molecule has 0 fully saturated rings. The average Bonchev–Trinajstić information content (AvgIpc) is 2.40. The Morgan fingerprint density at radius 3 is 1.88 bits per heavy atom. The van der Waals surface area contributed by atoms with Crippen LogP contribution >= 0.6 is 0 Å². The smallest absolute Gasteiger partial charge is 0.00804 e. The molecule has 0 bridgehead atoms. The lowest BCUT2D eigenvalue weighted by Gasteiger charge is -2.20. The van der Waals surface area contributed by atoms with Crippen molar-refractivity contribution in [1.29, 1.82) is 0 Å². The first-order valence-electron chi connectivity index (χ1n) is 7.43. The minimum absolute atomic E-state index is 0.868. The molecule has 17 heavy (non-hydrogen) atoms. The molecule has 2 unspecified atom stereocenters. The molecule has 0 saturated heterocycles. The number of hydrogen-bond donors (Lipinski definition) is 1. The normalized spacial score (nSPS) is 12.4. The van der Waals surface area contributed by atoms with Gasteiger partial charge in [0.2, 0.25) is 0 Å². The van der Waals surface area contributed by atoms with E-state index in [0.717, 1.165) is 18.4 Å². The summed E-state index contributed by atoms with van der Waals surface area (Å²) in [7, 11) is 1.93. The van der Waals surface area contributed by atoms with Crippen molar-refractivity contribution in [2.45, 2.75) is 67.2 Å². The van der Waals surface area contributed by atoms with Gasteiger partial charge in [-0.1, -0.05) is 66.9 Å². The fourth-order valence-corrected chi connectivity index (χ4v) is 1.55. The van der Waals surface area contributed by atoms with Crippen LogP contribution in [0.1, 0.15) is 67.2 Å². The van der Waals surface area contributed by atoms with Crippen molar-refractivity contribution in [2.75, 3.05) is 13.6 Å². The second-order valence-corrected chi connectivity index (χ2v) is 4.17. The fraction of sp³-hybridized carbons (Fsp3) is 0.875. The maximum Gasteiger partial charge on any atom is -0.00804 e. The standard InChI is InChI=1S/C11H22.C3H9N.C2H6/c1-5-8-11(9-6-2)10(4)7-3;1-3-4-2;1-2/h5,10-11H,1,6-9H2,2-4H3;4H,3H2,1-2H3;1-2H3. The van der Waals surface area contributed by atoms with E-state index in [2.05, 4.69) is 45.7 Å². The first-order chi connectivity index (χ1) is 8.17. The van der Waals surface area contributed by atoms with Gasteiger partial charge in [-0.3, -0.25) is 0 Å². The highest BCUT2D eigenvalue weighted by Crippen LogP contribution is 2.23. The molecule has 0 aliphatic heterocycles. The van der Waals surface area contributed by atoms with Crippen molar-refractivity contribution in [2.24, 2.45) is 11.8 Å². The second-order valence-electron chi connectivity index (χ2n) is 4.17. The van der Waals surface area contributed by atoms with Crippen LogP contribution in [0.3, 0.4) is 0 Å². The third-order valence-corrected chi connectivity index (χ3v) is 2.93. The van der Waals surface area contributed by atoms with Crippen molar-refractivity contribution in [3.8, 4) is 0 Å². The highest BCUT2D eigenvalue weighted by Gasteiger charge is 2.12. The summed E-state index contributed by atoms with van der Waals surface area (Å²) in [6.45, 7) is 17.8. The molecule has 0 aliphatic rings. The second kappa shape index (κ2) is 21.0. The highest BCUT2D eigenvalue weighted by molar-refractivity contribution is 4.75. The van der Waals surface area contributed by atoms with Gasteiger partial charge in [0.15, 0.2) is 0 Å². The van der Waals surface area contributed by atoms with Gasteiger partial charge in [-0.15, -0.1) is 6.58 Å². The van der Waals surface area contributed by atoms with E-state index in [1.54, 1.807) is 0 Å². The molecule has 0 spiro atoms. The van der Waals surface area contributed by atoms with E-state index in [1.807, 2.05) is 20.9 Å². The van der Waals surface area contributed by atoms with Crippen LogP contribution in [0.5, 0.6) is 0 Å². The lowest BCUT2D eigenvalue weighted by molar-refractivity contribution is 0.327. The topological polar surface area (TPSA) is 12.0 Å². The Morgan fingerprint density at radius 2 is 1.65 bits per heavy atom. The van der Waals surface area contributed by atoms with Crippen molar-refractivity contribution < 1.29 is 0 Å². The van der Waals surface area contributed by atoms with Crippen molar-refractivity contribution >= 4 is 0 Å². The fourth-order valence-electron chi connectivity index (χ4n) is 1.55. The summed E-state index contributed by atoms with van der Waals surface area (Å²) < 4.78 is 0. The Labute approximate surface area is 111 Å². The highest BCUT2D eigenvalue weighted by atomic mass is 14.8. The van der Waals surface area contributed by atoms with Crippen LogP contribution in [0.2, 0.25) is 0 Å². The summed E-state index contributed by atoms with van der Waals surface area (Å²) in [4.78, 5) is 0. The van der Waals surface area contributed by atoms with Crippen LogP contribution in [-0.4, -0.2) is 13.6 Å². The van der Waals surface area contributed by atoms with Gasteiger partial charge in [-0.05, 0) is 31.8 Å². The van der Waals surface area contributed by atoms with Gasteiger partial charge in [-0.2, -0.15) is 0 Å². The van der Waals surface area contributed by atoms with Gasteiger partial charge in [0.05, 0.1) is 0 Å². The van der Waals surface area contributed by atoms with Crippen LogP contribution in [0.15, 0.2) is 12.7 Å². The Balaban J connectivity index is -0.000000275. The van der Waals surface area contributed by atoms with Gasteiger partial charge in [0.25, 0.3) is 0 Å². The predicted molar refractivity (Wildman–Crippen MR) is 83.6 cm³/mol. The van der Waals surface area contributed by atoms with Crippen LogP contribution in [-0.2, 0) is 0 Å². The van der Waals surface area contributed by atoms with Crippen LogP contribution < -0.4 is 5.32 Å². The quantitative estimate of drug-likeness (QED) is 0.600. The molecule has 1 nitrogen and oxygen atoms in total. The lowest BCUT2D eigenvalue weighted by atomic mass is 9.86. The molecule has 0 rings (SSSR count). The zero-order valence-corrected chi connectivity index (χ0v) is 13.5. The van der Waals surface area contributed by atoms with Gasteiger partial charge >= 0.3 is 0 Å². The molecular weight excluding hydrogens is 206 g/mol. The van der Waals surface area contributed by atoms with E-state index in [4.69, 9.17) is 0 Å². The SMILES string of the molecule is C=CCC(CCC)C(C)CC.CC.CCNC. The number of nitrogens with one attached hydrogen (secondary N) is 1. The van der Waals surface area contributed by atoms with Crippen LogP contribution in [0.4, 0.5) is 0 Å². The molecule has 0 aliphatic carbocycles. The molecule has 0 heterocycles. The van der Waals surface area contributed by atoms with Crippen molar-refractivity contribution in [3.05, 3.63) is 12.7 Å². The third-order valence-electron chi connectivity index (χ3n) is 2.93. The summed E-state index contributed by atoms with van der Waals surface area (Å²) in [5.74, 6) is 1.75. The Morgan fingerprint density at radius 1 is 1.18 bits per heavy atom. The monoisotopic (exact) mass is 243 g/mol. The van der Waals surface area contributed by atoms with Crippen LogP contribution in [0, 0.1) is 11.8 Å². The number of rotatable bonds is 7. The Bertz CT molecular complexity index is 119. The largest absolute Gasteiger partial charge is 0.320 e. The van der Waals surface area contributed by atoms with Gasteiger partial charge in [-0.25, -0.2) is 0 Å². The predicted octanol–water partition coefficient (Wildman–Crippen LogP) is 5.28. The zero-order chi connectivity index (χ0) is 14.1. The third kappa shape index (κ3) is 18.3. The van der Waals surface area contributed by atoms with Gasteiger partial charge < -0.3 is 5.32 Å². The zero-order valence-electron chi connectivity index (χ0n) is 13.5. The van der Waals surface area contributed by atoms with E-state index < -0.39 is 0 Å². The minimum Gasteiger partial charge on any atom is -0.320 e. The molecule has 0 saturated carbocycles. The van der Waals surface area contributed by atoms with E-state index >= 15 is 0 Å². The van der Waals surface area contributed by atoms with Gasteiger partial charge in [0, 0.05) is 0 Å². The van der Waals surface area contributed by atoms with E-state index in [9.17, 15) is 0 Å². The molecule has 1 heteroatoms. The van der Waals surface area contributed by atoms with Crippen LogP contribution in [0.25, 0.3) is 0 Å². The molecule has 0 aromatic rings. The Kier molecular flexibility index (Phi) is 27.1. The molecule has 0 amide bonds. The maximum absolute atomic E-state index is 3.80.